The van der Waals surface area contributed by atoms with Crippen molar-refractivity contribution in [2.75, 3.05) is 12.4 Å². The van der Waals surface area contributed by atoms with Crippen molar-refractivity contribution >= 4 is 29.5 Å². The normalized spacial score (nSPS) is 19.7. The maximum Gasteiger partial charge on any atom is 0.412 e. The Labute approximate surface area is 187 Å². The molecule has 4 rings (SSSR count). The van der Waals surface area contributed by atoms with Crippen LogP contribution in [0.25, 0.3) is 0 Å². The maximum atomic E-state index is 14.3. The van der Waals surface area contributed by atoms with E-state index in [4.69, 9.17) is 4.74 Å². The number of nitrogens with one attached hydrogen (secondary N) is 3. The number of fused-ring (bicyclic) bond motifs is 1. The summed E-state index contributed by atoms with van der Waals surface area (Å²) in [6.07, 6.45) is -0.989. The summed E-state index contributed by atoms with van der Waals surface area (Å²) >= 11 is 0. The highest BCUT2D eigenvalue weighted by Gasteiger charge is 2.51. The molecule has 0 aromatic heterocycles. The van der Waals surface area contributed by atoms with Crippen molar-refractivity contribution in [3.8, 4) is 5.75 Å². The van der Waals surface area contributed by atoms with Gasteiger partial charge >= 0.3 is 6.09 Å². The number of hydrogen-bond acceptors (Lipinski definition) is 7. The van der Waals surface area contributed by atoms with E-state index in [0.29, 0.717) is 11.3 Å². The van der Waals surface area contributed by atoms with Gasteiger partial charge in [-0.1, -0.05) is 6.07 Å². The van der Waals surface area contributed by atoms with Gasteiger partial charge in [0.05, 0.1) is 6.54 Å². The zero-order valence-electron chi connectivity index (χ0n) is 17.6. The second-order valence-corrected chi connectivity index (χ2v) is 7.66. The van der Waals surface area contributed by atoms with E-state index < -0.39 is 35.4 Å². The number of nitrogens with zero attached hydrogens (tertiary/aromatic N) is 1. The zero-order chi connectivity index (χ0) is 23.8. The first-order valence-electron chi connectivity index (χ1n) is 10.2. The van der Waals surface area contributed by atoms with Crippen molar-refractivity contribution in [1.82, 2.24) is 15.5 Å². The number of amides is 4. The number of hydrogen-bond donors (Lipinski definition) is 4. The molecule has 33 heavy (non-hydrogen) atoms. The number of aliphatic hydroxyl groups is 1. The van der Waals surface area contributed by atoms with Crippen molar-refractivity contribution in [1.29, 1.82) is 0 Å². The molecule has 10 nitrogen and oxygen atoms in total. The van der Waals surface area contributed by atoms with E-state index in [0.717, 1.165) is 4.90 Å². The number of carbonyl (C=O) groups is 4. The summed E-state index contributed by atoms with van der Waals surface area (Å²) in [5.74, 6) is -2.36. The molecule has 1 atom stereocenters. The Kier molecular flexibility index (Phi) is 5.73. The highest BCUT2D eigenvalue weighted by atomic mass is 19.1. The molecule has 4 amide bonds. The third kappa shape index (κ3) is 4.10. The third-order valence-electron chi connectivity index (χ3n) is 5.63. The predicted molar refractivity (Wildman–Crippen MR) is 112 cm³/mol. The van der Waals surface area contributed by atoms with Crippen molar-refractivity contribution < 1.29 is 33.4 Å². The second-order valence-electron chi connectivity index (χ2n) is 7.66. The summed E-state index contributed by atoms with van der Waals surface area (Å²) in [5.41, 5.74) is -0.594. The minimum absolute atomic E-state index is 0.0146. The van der Waals surface area contributed by atoms with Crippen LogP contribution in [0.4, 0.5) is 14.9 Å². The molecule has 2 heterocycles. The number of halogens is 1. The zero-order valence-corrected chi connectivity index (χ0v) is 17.6. The summed E-state index contributed by atoms with van der Waals surface area (Å²) in [5, 5.41) is 18.3. The molecule has 1 unspecified atom stereocenters. The highest BCUT2D eigenvalue weighted by Crippen LogP contribution is 2.36. The Balaban J connectivity index is 1.54. The standard InChI is InChI=1S/C22H21FN4O6/c1-24-21(31)33-13-5-6-16(23)12(9-13)10-25-17-4-2-3-14-15(17)11-27(19(14)29)22(32)8-7-18(28)26-20(22)30/h2-6,9,25,32H,7-8,10-11H2,1H3,(H,24,31)(H,26,28,30). The van der Waals surface area contributed by atoms with Crippen LogP contribution in [0.3, 0.4) is 0 Å². The molecular formula is C22H21FN4O6. The van der Waals surface area contributed by atoms with Crippen LogP contribution >= 0.6 is 0 Å². The van der Waals surface area contributed by atoms with Gasteiger partial charge in [-0.3, -0.25) is 24.6 Å². The number of rotatable bonds is 5. The number of imide groups is 1. The smallest absolute Gasteiger partial charge is 0.410 e. The van der Waals surface area contributed by atoms with Gasteiger partial charge in [-0.15, -0.1) is 0 Å². The van der Waals surface area contributed by atoms with Gasteiger partial charge in [-0.2, -0.15) is 0 Å². The lowest BCUT2D eigenvalue weighted by Gasteiger charge is -2.37. The Morgan fingerprint density at radius 1 is 1.27 bits per heavy atom. The average molecular weight is 456 g/mol. The largest absolute Gasteiger partial charge is 0.412 e. The Bertz CT molecular complexity index is 1170. The number of carbonyl (C=O) groups excluding carboxylic acids is 4. The number of ether oxygens (including phenoxy) is 1. The van der Waals surface area contributed by atoms with Gasteiger partial charge in [0.2, 0.25) is 11.6 Å². The van der Waals surface area contributed by atoms with Crippen LogP contribution in [-0.4, -0.2) is 46.6 Å². The van der Waals surface area contributed by atoms with E-state index in [9.17, 15) is 28.7 Å². The van der Waals surface area contributed by atoms with Gasteiger partial charge in [-0.05, 0) is 30.3 Å². The van der Waals surface area contributed by atoms with Crippen molar-refractivity contribution in [3.05, 3.63) is 58.9 Å². The summed E-state index contributed by atoms with van der Waals surface area (Å²) in [4.78, 5) is 49.1. The molecule has 2 aliphatic heterocycles. The summed E-state index contributed by atoms with van der Waals surface area (Å²) in [6, 6.07) is 8.76. The summed E-state index contributed by atoms with van der Waals surface area (Å²) in [6.45, 7) is -0.0571. The molecule has 0 aliphatic carbocycles. The molecule has 4 N–H and O–H groups in total. The van der Waals surface area contributed by atoms with Gasteiger partial charge in [0.1, 0.15) is 11.6 Å². The molecule has 2 aromatic rings. The second kappa shape index (κ2) is 8.51. The lowest BCUT2D eigenvalue weighted by Crippen LogP contribution is -2.63. The first kappa shape index (κ1) is 22.2. The van der Waals surface area contributed by atoms with Crippen molar-refractivity contribution in [3.63, 3.8) is 0 Å². The number of piperidine rings is 1. The molecule has 1 saturated heterocycles. The Morgan fingerprint density at radius 3 is 2.79 bits per heavy atom. The maximum absolute atomic E-state index is 14.3. The van der Waals surface area contributed by atoms with Crippen LogP contribution < -0.4 is 20.7 Å². The van der Waals surface area contributed by atoms with Crippen LogP contribution in [0.1, 0.15) is 34.3 Å². The lowest BCUT2D eigenvalue weighted by atomic mass is 10.00. The Morgan fingerprint density at radius 2 is 2.06 bits per heavy atom. The SMILES string of the molecule is CNC(=O)Oc1ccc(F)c(CNc2cccc3c2CN(C2(O)CCC(=O)NC2=O)C3=O)c1. The fourth-order valence-corrected chi connectivity index (χ4v) is 3.84. The summed E-state index contributed by atoms with van der Waals surface area (Å²) < 4.78 is 19.3. The molecule has 2 aromatic carbocycles. The fourth-order valence-electron chi connectivity index (χ4n) is 3.84. The van der Waals surface area contributed by atoms with Gasteiger partial charge in [0, 0.05) is 48.8 Å². The van der Waals surface area contributed by atoms with Gasteiger partial charge in [0.15, 0.2) is 0 Å². The Hall–Kier alpha value is -3.99. The van der Waals surface area contributed by atoms with Crippen LogP contribution in [0.15, 0.2) is 36.4 Å². The molecule has 0 radical (unpaired) electrons. The van der Waals surface area contributed by atoms with Crippen LogP contribution in [0, 0.1) is 5.82 Å². The topological polar surface area (TPSA) is 137 Å². The minimum Gasteiger partial charge on any atom is -0.410 e. The average Bonchev–Trinajstić information content (AvgIpc) is 3.14. The number of anilines is 1. The van der Waals surface area contributed by atoms with E-state index in [1.165, 1.54) is 25.2 Å². The molecule has 0 bridgehead atoms. The third-order valence-corrected chi connectivity index (χ3v) is 5.63. The highest BCUT2D eigenvalue weighted by molar-refractivity contribution is 6.07. The fraction of sp³-hybridized carbons (Fsp3) is 0.273. The quantitative estimate of drug-likeness (QED) is 0.497. The predicted octanol–water partition coefficient (Wildman–Crippen LogP) is 1.24. The molecule has 0 spiro atoms. The molecule has 11 heteroatoms. The molecule has 0 saturated carbocycles. The first-order chi connectivity index (χ1) is 15.7. The molecule has 2 aliphatic rings. The minimum atomic E-state index is -2.14. The molecule has 1 fully saturated rings. The van der Waals surface area contributed by atoms with E-state index in [2.05, 4.69) is 16.0 Å². The number of benzene rings is 2. The summed E-state index contributed by atoms with van der Waals surface area (Å²) in [7, 11) is 1.40. The lowest BCUT2D eigenvalue weighted by molar-refractivity contribution is -0.167. The van der Waals surface area contributed by atoms with Gasteiger partial charge in [0.25, 0.3) is 11.8 Å². The van der Waals surface area contributed by atoms with E-state index in [-0.39, 0.29) is 42.8 Å². The van der Waals surface area contributed by atoms with Crippen molar-refractivity contribution in [2.45, 2.75) is 31.7 Å². The molecule has 172 valence electrons. The van der Waals surface area contributed by atoms with Crippen LogP contribution in [-0.2, 0) is 22.7 Å². The van der Waals surface area contributed by atoms with Gasteiger partial charge in [-0.25, -0.2) is 9.18 Å². The van der Waals surface area contributed by atoms with Crippen LogP contribution in [0.5, 0.6) is 5.75 Å². The van der Waals surface area contributed by atoms with E-state index >= 15 is 0 Å². The van der Waals surface area contributed by atoms with Crippen LogP contribution in [0.2, 0.25) is 0 Å². The van der Waals surface area contributed by atoms with E-state index in [1.54, 1.807) is 18.2 Å². The van der Waals surface area contributed by atoms with Gasteiger partial charge < -0.3 is 20.5 Å². The van der Waals surface area contributed by atoms with Crippen molar-refractivity contribution in [2.24, 2.45) is 0 Å². The van der Waals surface area contributed by atoms with E-state index in [1.807, 2.05) is 0 Å². The monoisotopic (exact) mass is 456 g/mol. The first-order valence-corrected chi connectivity index (χ1v) is 10.2. The molecular weight excluding hydrogens is 435 g/mol.